The summed E-state index contributed by atoms with van der Waals surface area (Å²) in [4.78, 5) is 11.7. The molecule has 7 heteroatoms. The van der Waals surface area contributed by atoms with E-state index in [0.717, 1.165) is 64.8 Å². The number of anilines is 1. The predicted molar refractivity (Wildman–Crippen MR) is 130 cm³/mol. The molecule has 0 spiro atoms. The second-order valence-electron chi connectivity index (χ2n) is 7.32. The Hall–Kier alpha value is -1.06. The number of aliphatic imine (C=N–C) groups is 1. The molecule has 28 heavy (non-hydrogen) atoms. The summed E-state index contributed by atoms with van der Waals surface area (Å²) < 4.78 is 5.12. The van der Waals surface area contributed by atoms with E-state index in [4.69, 9.17) is 4.74 Å². The number of nitrogens with zero attached hydrogens (tertiary/aromatic N) is 4. The van der Waals surface area contributed by atoms with Crippen LogP contribution in [0.1, 0.15) is 17.5 Å². The Morgan fingerprint density at radius 3 is 2.54 bits per heavy atom. The molecule has 6 nitrogen and oxygen atoms in total. The number of piperazine rings is 1. The van der Waals surface area contributed by atoms with Gasteiger partial charge in [-0.2, -0.15) is 0 Å². The molecule has 0 saturated carbocycles. The van der Waals surface area contributed by atoms with Crippen LogP contribution in [0.25, 0.3) is 0 Å². The maximum Gasteiger partial charge on any atom is 0.193 e. The van der Waals surface area contributed by atoms with E-state index in [0.29, 0.717) is 0 Å². The Bertz CT molecular complexity index is 602. The van der Waals surface area contributed by atoms with Crippen LogP contribution in [0, 0.1) is 13.8 Å². The Labute approximate surface area is 188 Å². The number of ether oxygens (including phenoxy) is 1. The first kappa shape index (κ1) is 25.0. The topological polar surface area (TPSA) is 43.3 Å². The van der Waals surface area contributed by atoms with E-state index in [2.05, 4.69) is 64.1 Å². The van der Waals surface area contributed by atoms with Gasteiger partial charge in [-0.15, -0.1) is 24.0 Å². The molecular weight excluding hydrogens is 465 g/mol. The van der Waals surface area contributed by atoms with Crippen molar-refractivity contribution in [1.82, 2.24) is 15.1 Å². The van der Waals surface area contributed by atoms with E-state index < -0.39 is 0 Å². The lowest BCUT2D eigenvalue weighted by molar-refractivity contribution is 0.161. The molecular formula is C21H38IN5O. The molecule has 2 rings (SSSR count). The molecule has 0 atom stereocenters. The smallest absolute Gasteiger partial charge is 0.193 e. The Kier molecular flexibility index (Phi) is 11.8. The van der Waals surface area contributed by atoms with E-state index in [1.165, 1.54) is 16.8 Å². The second-order valence-corrected chi connectivity index (χ2v) is 7.32. The lowest BCUT2D eigenvalue weighted by Gasteiger charge is -2.38. The molecule has 1 aromatic rings. The van der Waals surface area contributed by atoms with E-state index in [9.17, 15) is 0 Å². The first-order chi connectivity index (χ1) is 13.1. The Balaban J connectivity index is 0.00000392. The summed E-state index contributed by atoms with van der Waals surface area (Å²) in [6.07, 6.45) is 1.10. The Morgan fingerprint density at radius 2 is 1.89 bits per heavy atom. The lowest BCUT2D eigenvalue weighted by Crippen LogP contribution is -2.53. The van der Waals surface area contributed by atoms with Crippen LogP contribution in [-0.2, 0) is 4.74 Å². The molecule has 160 valence electrons. The zero-order valence-electron chi connectivity index (χ0n) is 18.2. The largest absolute Gasteiger partial charge is 0.383 e. The van der Waals surface area contributed by atoms with Gasteiger partial charge in [-0.25, -0.2) is 0 Å². The van der Waals surface area contributed by atoms with Gasteiger partial charge in [-0.1, -0.05) is 12.1 Å². The van der Waals surface area contributed by atoms with Crippen LogP contribution in [0.15, 0.2) is 23.2 Å². The highest BCUT2D eigenvalue weighted by atomic mass is 127. The van der Waals surface area contributed by atoms with Crippen molar-refractivity contribution in [3.63, 3.8) is 0 Å². The fraction of sp³-hybridized carbons (Fsp3) is 0.667. The van der Waals surface area contributed by atoms with Gasteiger partial charge in [0.25, 0.3) is 0 Å². The van der Waals surface area contributed by atoms with Gasteiger partial charge in [0.2, 0.25) is 0 Å². The molecule has 1 heterocycles. The highest BCUT2D eigenvalue weighted by Gasteiger charge is 2.20. The summed E-state index contributed by atoms with van der Waals surface area (Å²) in [6.45, 7) is 12.3. The summed E-state index contributed by atoms with van der Waals surface area (Å²) in [5, 5.41) is 3.53. The SMILES string of the molecule is CN=C(NCCCN(C)CCOC)N1CCN(c2cccc(C)c2C)CC1.I. The van der Waals surface area contributed by atoms with Gasteiger partial charge in [0, 0.05) is 59.1 Å². The Morgan fingerprint density at radius 1 is 1.18 bits per heavy atom. The van der Waals surface area contributed by atoms with Gasteiger partial charge in [0.1, 0.15) is 0 Å². The van der Waals surface area contributed by atoms with Crippen LogP contribution >= 0.6 is 24.0 Å². The van der Waals surface area contributed by atoms with Crippen molar-refractivity contribution >= 4 is 35.6 Å². The standard InChI is InChI=1S/C21H37N5O.HI/c1-18-8-6-9-20(19(18)2)25-12-14-26(15-13-25)21(22-3)23-10-7-11-24(4)16-17-27-5;/h6,8-9H,7,10-17H2,1-5H3,(H,22,23);1H. The zero-order valence-corrected chi connectivity index (χ0v) is 20.5. The fourth-order valence-corrected chi connectivity index (χ4v) is 3.48. The number of nitrogens with one attached hydrogen (secondary N) is 1. The normalized spacial score (nSPS) is 15.0. The molecule has 1 aromatic carbocycles. The van der Waals surface area contributed by atoms with Crippen molar-refractivity contribution in [2.75, 3.05) is 78.5 Å². The lowest BCUT2D eigenvalue weighted by atomic mass is 10.1. The number of guanidine groups is 1. The van der Waals surface area contributed by atoms with E-state index >= 15 is 0 Å². The molecule has 1 saturated heterocycles. The fourth-order valence-electron chi connectivity index (χ4n) is 3.48. The van der Waals surface area contributed by atoms with Gasteiger partial charge >= 0.3 is 0 Å². The van der Waals surface area contributed by atoms with Crippen LogP contribution in [-0.4, -0.2) is 89.4 Å². The van der Waals surface area contributed by atoms with Crippen molar-refractivity contribution in [3.05, 3.63) is 29.3 Å². The molecule has 0 amide bonds. The van der Waals surface area contributed by atoms with Gasteiger partial charge in [-0.05, 0) is 51.1 Å². The van der Waals surface area contributed by atoms with Crippen LogP contribution < -0.4 is 10.2 Å². The van der Waals surface area contributed by atoms with Crippen LogP contribution in [0.4, 0.5) is 5.69 Å². The van der Waals surface area contributed by atoms with Gasteiger partial charge in [-0.3, -0.25) is 4.99 Å². The highest BCUT2D eigenvalue weighted by Crippen LogP contribution is 2.23. The number of methoxy groups -OCH3 is 1. The van der Waals surface area contributed by atoms with Crippen molar-refractivity contribution in [2.24, 2.45) is 4.99 Å². The third-order valence-electron chi connectivity index (χ3n) is 5.38. The van der Waals surface area contributed by atoms with Crippen molar-refractivity contribution in [1.29, 1.82) is 0 Å². The zero-order chi connectivity index (χ0) is 19.6. The molecule has 1 aliphatic heterocycles. The number of rotatable bonds is 8. The summed E-state index contributed by atoms with van der Waals surface area (Å²) in [5.41, 5.74) is 4.13. The summed E-state index contributed by atoms with van der Waals surface area (Å²) >= 11 is 0. The maximum absolute atomic E-state index is 5.12. The average Bonchev–Trinajstić information content (AvgIpc) is 2.69. The number of hydrogen-bond donors (Lipinski definition) is 1. The number of aryl methyl sites for hydroxylation is 1. The summed E-state index contributed by atoms with van der Waals surface area (Å²) in [7, 11) is 5.77. The number of hydrogen-bond acceptors (Lipinski definition) is 4. The van der Waals surface area contributed by atoms with Gasteiger partial charge in [0.15, 0.2) is 5.96 Å². The van der Waals surface area contributed by atoms with Crippen molar-refractivity contribution < 1.29 is 4.74 Å². The molecule has 0 radical (unpaired) electrons. The minimum atomic E-state index is 0. The number of benzene rings is 1. The molecule has 1 fully saturated rings. The molecule has 1 N–H and O–H groups in total. The van der Waals surface area contributed by atoms with Gasteiger partial charge < -0.3 is 24.8 Å². The minimum absolute atomic E-state index is 0. The van der Waals surface area contributed by atoms with Crippen molar-refractivity contribution in [3.8, 4) is 0 Å². The first-order valence-electron chi connectivity index (χ1n) is 10.0. The monoisotopic (exact) mass is 503 g/mol. The highest BCUT2D eigenvalue weighted by molar-refractivity contribution is 14.0. The van der Waals surface area contributed by atoms with Crippen molar-refractivity contribution in [2.45, 2.75) is 20.3 Å². The maximum atomic E-state index is 5.12. The molecule has 0 aromatic heterocycles. The van der Waals surface area contributed by atoms with E-state index in [-0.39, 0.29) is 24.0 Å². The predicted octanol–water partition coefficient (Wildman–Crippen LogP) is 2.59. The molecule has 0 bridgehead atoms. The van der Waals surface area contributed by atoms with Gasteiger partial charge in [0.05, 0.1) is 6.61 Å². The van der Waals surface area contributed by atoms with E-state index in [1.54, 1.807) is 7.11 Å². The van der Waals surface area contributed by atoms with Crippen LogP contribution in [0.2, 0.25) is 0 Å². The molecule has 1 aliphatic rings. The second kappa shape index (κ2) is 13.2. The number of halogens is 1. The molecule has 0 aliphatic carbocycles. The van der Waals surface area contributed by atoms with Crippen LogP contribution in [0.3, 0.4) is 0 Å². The number of likely N-dealkylation sites (N-methyl/N-ethyl adjacent to an activating group) is 1. The average molecular weight is 503 g/mol. The third-order valence-corrected chi connectivity index (χ3v) is 5.38. The summed E-state index contributed by atoms with van der Waals surface area (Å²) in [6, 6.07) is 6.59. The minimum Gasteiger partial charge on any atom is -0.383 e. The third kappa shape index (κ3) is 7.40. The summed E-state index contributed by atoms with van der Waals surface area (Å²) in [5.74, 6) is 1.02. The molecule has 0 unspecified atom stereocenters. The van der Waals surface area contributed by atoms with E-state index in [1.807, 2.05) is 7.05 Å². The quantitative estimate of drug-likeness (QED) is 0.256. The van der Waals surface area contributed by atoms with Crippen LogP contribution in [0.5, 0.6) is 0 Å². The first-order valence-corrected chi connectivity index (χ1v) is 10.0.